The van der Waals surface area contributed by atoms with Crippen LogP contribution in [0.25, 0.3) is 65.3 Å². The zero-order valence-corrected chi connectivity index (χ0v) is 28.1. The Morgan fingerprint density at radius 1 is 0.372 bits per heavy atom. The Balaban J connectivity index is 0.000000184. The van der Waals surface area contributed by atoms with Crippen molar-refractivity contribution >= 4 is 43.1 Å². The Kier molecular flexibility index (Phi) is 10.5. The van der Waals surface area contributed by atoms with Gasteiger partial charge in [0.15, 0.2) is 0 Å². The third-order valence-corrected chi connectivity index (χ3v) is 8.11. The van der Waals surface area contributed by atoms with Gasteiger partial charge in [-0.15, -0.1) is 92.3 Å². The first-order valence-corrected chi connectivity index (χ1v) is 14.0. The van der Waals surface area contributed by atoms with E-state index in [0.29, 0.717) is 0 Å². The Morgan fingerprint density at radius 3 is 1.12 bits per heavy atom. The van der Waals surface area contributed by atoms with E-state index in [9.17, 15) is 0 Å². The molecule has 0 saturated heterocycles. The monoisotopic (exact) mass is 670 g/mol. The van der Waals surface area contributed by atoms with Gasteiger partial charge in [-0.3, -0.25) is 0 Å². The van der Waals surface area contributed by atoms with Crippen LogP contribution in [0.1, 0.15) is 11.1 Å². The Bertz CT molecular complexity index is 1980. The zero-order valence-electron chi connectivity index (χ0n) is 24.1. The average molecular weight is 673 g/mol. The van der Waals surface area contributed by atoms with Gasteiger partial charge < -0.3 is 24.8 Å². The van der Waals surface area contributed by atoms with Crippen LogP contribution < -0.4 is 24.8 Å². The smallest absolute Gasteiger partial charge is 1.00 e. The fourth-order valence-corrected chi connectivity index (χ4v) is 6.34. The molecule has 0 radical (unpaired) electrons. The molecule has 0 aliphatic heterocycles. The van der Waals surface area contributed by atoms with Gasteiger partial charge in [0, 0.05) is 0 Å². The van der Waals surface area contributed by atoms with Gasteiger partial charge in [0.05, 0.1) is 0 Å². The van der Waals surface area contributed by atoms with Crippen molar-refractivity contribution in [3.05, 3.63) is 157 Å². The predicted molar refractivity (Wildman–Crippen MR) is 174 cm³/mol. The van der Waals surface area contributed by atoms with E-state index in [4.69, 9.17) is 0 Å². The second kappa shape index (κ2) is 13.9. The maximum atomic E-state index is 2.28. The summed E-state index contributed by atoms with van der Waals surface area (Å²) in [7, 11) is 0. The summed E-state index contributed by atoms with van der Waals surface area (Å²) in [5, 5.41) is 10.6. The van der Waals surface area contributed by atoms with Gasteiger partial charge in [-0.25, -0.2) is 0 Å². The summed E-state index contributed by atoms with van der Waals surface area (Å²) in [5.41, 5.74) is 8.11. The summed E-state index contributed by atoms with van der Waals surface area (Å²) in [4.78, 5) is 0. The van der Waals surface area contributed by atoms with Crippen LogP contribution in [0.3, 0.4) is 0 Å². The molecule has 0 aromatic heterocycles. The molecule has 8 aromatic carbocycles. The summed E-state index contributed by atoms with van der Waals surface area (Å²) < 4.78 is 0. The maximum Gasteiger partial charge on any atom is 4.00 e. The van der Waals surface area contributed by atoms with Gasteiger partial charge in [-0.05, 0) is 21.5 Å². The quantitative estimate of drug-likeness (QED) is 0.217. The predicted octanol–water partition coefficient (Wildman–Crippen LogP) is 5.38. The molecule has 43 heavy (non-hydrogen) atoms. The van der Waals surface area contributed by atoms with Crippen molar-refractivity contribution in [2.45, 2.75) is 13.8 Å². The van der Waals surface area contributed by atoms with Crippen molar-refractivity contribution in [3.8, 4) is 22.3 Å². The minimum absolute atomic E-state index is 0. The van der Waals surface area contributed by atoms with Crippen LogP contribution in [0.4, 0.5) is 0 Å². The molecule has 0 saturated carbocycles. The number of halogens is 2. The molecule has 0 amide bonds. The van der Waals surface area contributed by atoms with E-state index < -0.39 is 0 Å². The summed E-state index contributed by atoms with van der Waals surface area (Å²) in [6.07, 6.45) is 0. The molecule has 8 aromatic rings. The third kappa shape index (κ3) is 6.00. The van der Waals surface area contributed by atoms with E-state index in [0.717, 1.165) is 0 Å². The minimum atomic E-state index is 0. The largest absolute Gasteiger partial charge is 4.00 e. The first kappa shape index (κ1) is 32.4. The van der Waals surface area contributed by atoms with Crippen molar-refractivity contribution in [1.82, 2.24) is 0 Å². The van der Waals surface area contributed by atoms with Gasteiger partial charge >= 0.3 is 26.2 Å². The molecule has 3 heteroatoms. The molecular formula is C40H30Cl2Zr. The van der Waals surface area contributed by atoms with Crippen molar-refractivity contribution in [2.24, 2.45) is 0 Å². The molecule has 0 atom stereocenters. The Labute approximate surface area is 285 Å². The number of hydrogen-bond donors (Lipinski definition) is 0. The van der Waals surface area contributed by atoms with E-state index in [2.05, 4.69) is 159 Å². The summed E-state index contributed by atoms with van der Waals surface area (Å²) >= 11 is 0. The van der Waals surface area contributed by atoms with Gasteiger partial charge in [0.2, 0.25) is 0 Å². The van der Waals surface area contributed by atoms with E-state index in [-0.39, 0.29) is 51.0 Å². The van der Waals surface area contributed by atoms with Crippen LogP contribution in [0.2, 0.25) is 0 Å². The fraction of sp³-hybridized carbons (Fsp3) is 0.0500. The molecular weight excluding hydrogens is 643 g/mol. The number of hydrogen-bond acceptors (Lipinski definition) is 0. The van der Waals surface area contributed by atoms with Gasteiger partial charge in [-0.2, -0.15) is 0 Å². The molecule has 0 nitrogen and oxygen atoms in total. The SMILES string of the molecule is Cc1[cH-]c2ccccc2c1-c1cccc2ccccc12.Cc1[cH-]c2ccccc2c1-c1cccc2ccccc12.[Cl-].[Cl-].[Zr+4]. The molecule has 0 fully saturated rings. The van der Waals surface area contributed by atoms with Crippen molar-refractivity contribution in [3.63, 3.8) is 0 Å². The molecule has 0 unspecified atom stereocenters. The molecule has 0 N–H and O–H groups in total. The molecule has 0 spiro atoms. The topological polar surface area (TPSA) is 0 Å². The van der Waals surface area contributed by atoms with Gasteiger partial charge in [0.25, 0.3) is 0 Å². The van der Waals surface area contributed by atoms with Crippen molar-refractivity contribution < 1.29 is 51.0 Å². The van der Waals surface area contributed by atoms with Gasteiger partial charge in [-0.1, -0.05) is 122 Å². The number of rotatable bonds is 2. The maximum absolute atomic E-state index is 2.28. The van der Waals surface area contributed by atoms with Crippen molar-refractivity contribution in [2.75, 3.05) is 0 Å². The molecule has 0 bridgehead atoms. The van der Waals surface area contributed by atoms with Crippen LogP contribution in [0.5, 0.6) is 0 Å². The zero-order chi connectivity index (χ0) is 27.1. The molecule has 208 valence electrons. The number of aryl methyl sites for hydroxylation is 2. The second-order valence-corrected chi connectivity index (χ2v) is 10.6. The van der Waals surface area contributed by atoms with E-state index >= 15 is 0 Å². The second-order valence-electron chi connectivity index (χ2n) is 10.6. The molecule has 0 aliphatic rings. The normalized spacial score (nSPS) is 10.5. The fourth-order valence-electron chi connectivity index (χ4n) is 6.34. The average Bonchev–Trinajstić information content (AvgIpc) is 3.51. The van der Waals surface area contributed by atoms with Gasteiger partial charge in [0.1, 0.15) is 0 Å². The Hall–Kier alpha value is -3.48. The number of benzene rings is 6. The van der Waals surface area contributed by atoms with Crippen molar-refractivity contribution in [1.29, 1.82) is 0 Å². The first-order valence-electron chi connectivity index (χ1n) is 14.0. The van der Waals surface area contributed by atoms with Crippen LogP contribution in [0.15, 0.2) is 146 Å². The van der Waals surface area contributed by atoms with E-state index in [1.165, 1.54) is 76.5 Å². The first-order chi connectivity index (χ1) is 19.7. The van der Waals surface area contributed by atoms with Crippen LogP contribution in [0, 0.1) is 13.8 Å². The van der Waals surface area contributed by atoms with E-state index in [1.54, 1.807) is 0 Å². The summed E-state index contributed by atoms with van der Waals surface area (Å²) in [6, 6.07) is 52.2. The van der Waals surface area contributed by atoms with Crippen LogP contribution >= 0.6 is 0 Å². The Morgan fingerprint density at radius 2 is 0.698 bits per heavy atom. The third-order valence-electron chi connectivity index (χ3n) is 8.11. The van der Waals surface area contributed by atoms with Crippen LogP contribution in [-0.4, -0.2) is 0 Å². The standard InChI is InChI=1S/2C20H15.2ClH.Zr/c2*1-14-13-16-8-3-5-11-18(16)20(14)19-12-6-9-15-7-2-4-10-17(15)19;;;/h2*2-13H,1H3;2*1H;/q2*-1;;;+4/p-2. The molecule has 0 heterocycles. The van der Waals surface area contributed by atoms with E-state index in [1.807, 2.05) is 0 Å². The minimum Gasteiger partial charge on any atom is -1.00 e. The summed E-state index contributed by atoms with van der Waals surface area (Å²) in [6.45, 7) is 4.41. The number of fused-ring (bicyclic) bond motifs is 4. The molecule has 0 aliphatic carbocycles. The summed E-state index contributed by atoms with van der Waals surface area (Å²) in [5.74, 6) is 0. The van der Waals surface area contributed by atoms with Crippen LogP contribution in [-0.2, 0) is 26.2 Å². The molecule has 8 rings (SSSR count).